The van der Waals surface area contributed by atoms with Gasteiger partial charge in [0.15, 0.2) is 5.78 Å². The quantitative estimate of drug-likeness (QED) is 0.171. The summed E-state index contributed by atoms with van der Waals surface area (Å²) in [5.41, 5.74) is 0.734. The van der Waals surface area contributed by atoms with E-state index >= 15 is 0 Å². The second kappa shape index (κ2) is 11.8. The minimum Gasteiger partial charge on any atom is -0.466 e. The molecule has 0 N–H and O–H groups in total. The van der Waals surface area contributed by atoms with E-state index in [0.717, 1.165) is 41.5 Å². The Morgan fingerprint density at radius 1 is 1.17 bits per heavy atom. The molecule has 0 bridgehead atoms. The fraction of sp³-hybridized carbons (Fsp3) is 0.545. The Morgan fingerprint density at radius 3 is 2.45 bits per heavy atom. The molecule has 0 aromatic heterocycles. The number of hydrogen-bond donors (Lipinski definition) is 0. The second-order valence-corrected chi connectivity index (χ2v) is 9.64. The molecule has 1 aliphatic heterocycles. The summed E-state index contributed by atoms with van der Waals surface area (Å²) in [6.07, 6.45) is 1.04. The average molecular weight is 438 g/mol. The first-order valence-corrected chi connectivity index (χ1v) is 11.9. The molecule has 7 heteroatoms. The van der Waals surface area contributed by atoms with Crippen LogP contribution in [0.5, 0.6) is 0 Å². The summed E-state index contributed by atoms with van der Waals surface area (Å²) in [5.74, 6) is 2.38. The van der Waals surface area contributed by atoms with E-state index in [2.05, 4.69) is 16.2 Å². The number of ether oxygens (including phenoxy) is 2. The number of benzene rings is 1. The van der Waals surface area contributed by atoms with Crippen LogP contribution in [0.1, 0.15) is 30.6 Å². The summed E-state index contributed by atoms with van der Waals surface area (Å²) in [7, 11) is 1.37. The van der Waals surface area contributed by atoms with Crippen molar-refractivity contribution in [1.82, 2.24) is 4.90 Å². The Bertz CT molecular complexity index is 697. The Labute approximate surface area is 182 Å². The van der Waals surface area contributed by atoms with Crippen molar-refractivity contribution in [2.75, 3.05) is 50.7 Å². The Morgan fingerprint density at radius 2 is 1.83 bits per heavy atom. The van der Waals surface area contributed by atoms with E-state index in [0.29, 0.717) is 24.5 Å². The summed E-state index contributed by atoms with van der Waals surface area (Å²) in [4.78, 5) is 27.6. The van der Waals surface area contributed by atoms with Crippen LogP contribution in [0, 0.1) is 0 Å². The molecular formula is C22H31NO4S2. The van der Waals surface area contributed by atoms with Crippen LogP contribution >= 0.6 is 23.5 Å². The monoisotopic (exact) mass is 437 g/mol. The highest BCUT2D eigenvalue weighted by Gasteiger charge is 2.35. The molecule has 0 atom stereocenters. The molecule has 0 radical (unpaired) electrons. The fourth-order valence-electron chi connectivity index (χ4n) is 3.07. The molecule has 1 aliphatic rings. The third-order valence-electron chi connectivity index (χ3n) is 4.93. The Kier molecular flexibility index (Phi) is 9.75. The van der Waals surface area contributed by atoms with E-state index in [-0.39, 0.29) is 11.8 Å². The van der Waals surface area contributed by atoms with E-state index in [4.69, 9.17) is 4.74 Å². The molecule has 1 aromatic carbocycles. The highest BCUT2D eigenvalue weighted by molar-refractivity contribution is 8.00. The number of Topliss-reactive ketones (excluding diaryl/α,β-unsaturated/α-hetero) is 1. The predicted molar refractivity (Wildman–Crippen MR) is 121 cm³/mol. The normalized spacial score (nSPS) is 15.1. The molecule has 0 spiro atoms. The minimum atomic E-state index is -0.524. The predicted octanol–water partition coefficient (Wildman–Crippen LogP) is 3.92. The fourth-order valence-corrected chi connectivity index (χ4v) is 4.96. The summed E-state index contributed by atoms with van der Waals surface area (Å²) in [5, 5.41) is 0. The Balaban J connectivity index is 1.74. The van der Waals surface area contributed by atoms with Crippen molar-refractivity contribution in [3.8, 4) is 0 Å². The number of nitrogens with zero attached hydrogens (tertiary/aromatic N) is 1. The molecule has 160 valence electrons. The van der Waals surface area contributed by atoms with Gasteiger partial charge in [-0.05, 0) is 43.9 Å². The second-order valence-electron chi connectivity index (χ2n) is 7.36. The molecule has 1 aromatic rings. The number of methoxy groups -OCH3 is 1. The van der Waals surface area contributed by atoms with Crippen LogP contribution in [0.25, 0.3) is 0 Å². The number of carbonyl (C=O) groups excluding carboxylic acids is 2. The molecule has 0 saturated carbocycles. The highest BCUT2D eigenvalue weighted by Crippen LogP contribution is 2.25. The lowest BCUT2D eigenvalue weighted by atomic mass is 9.91. The molecule has 29 heavy (non-hydrogen) atoms. The molecule has 0 aliphatic carbocycles. The topological polar surface area (TPSA) is 55.8 Å². The van der Waals surface area contributed by atoms with Gasteiger partial charge in [0.05, 0.1) is 25.9 Å². The lowest BCUT2D eigenvalue weighted by molar-refractivity contribution is -0.135. The van der Waals surface area contributed by atoms with Crippen LogP contribution < -0.4 is 0 Å². The van der Waals surface area contributed by atoms with Crippen LogP contribution in [0.2, 0.25) is 0 Å². The number of ketones is 1. The van der Waals surface area contributed by atoms with E-state index < -0.39 is 5.54 Å². The van der Waals surface area contributed by atoms with Gasteiger partial charge in [-0.2, -0.15) is 11.8 Å². The third kappa shape index (κ3) is 7.17. The lowest BCUT2D eigenvalue weighted by Crippen LogP contribution is -2.54. The van der Waals surface area contributed by atoms with Crippen LogP contribution in [0.15, 0.2) is 41.3 Å². The minimum absolute atomic E-state index is 0.151. The first kappa shape index (κ1) is 24.0. The zero-order valence-electron chi connectivity index (χ0n) is 17.6. The number of thioether (sulfide) groups is 2. The molecular weight excluding hydrogens is 406 g/mol. The summed E-state index contributed by atoms with van der Waals surface area (Å²) in [6, 6.07) is 7.92. The summed E-state index contributed by atoms with van der Waals surface area (Å²) < 4.78 is 10.0. The maximum absolute atomic E-state index is 13.0. The first-order chi connectivity index (χ1) is 13.9. The van der Waals surface area contributed by atoms with Crippen molar-refractivity contribution in [2.24, 2.45) is 0 Å². The van der Waals surface area contributed by atoms with Gasteiger partial charge in [-0.15, -0.1) is 11.8 Å². The van der Waals surface area contributed by atoms with Crippen molar-refractivity contribution in [2.45, 2.75) is 30.7 Å². The van der Waals surface area contributed by atoms with E-state index in [9.17, 15) is 9.59 Å². The summed E-state index contributed by atoms with van der Waals surface area (Å²) in [6.45, 7) is 10.7. The number of rotatable bonds is 11. The van der Waals surface area contributed by atoms with Crippen LogP contribution in [0.4, 0.5) is 0 Å². The van der Waals surface area contributed by atoms with Crippen molar-refractivity contribution < 1.29 is 19.1 Å². The van der Waals surface area contributed by atoms with Gasteiger partial charge < -0.3 is 9.47 Å². The smallest absolute Gasteiger partial charge is 0.333 e. The molecule has 1 fully saturated rings. The maximum Gasteiger partial charge on any atom is 0.333 e. The van der Waals surface area contributed by atoms with Crippen LogP contribution in [0.3, 0.4) is 0 Å². The number of carbonyl (C=O) groups is 2. The molecule has 5 nitrogen and oxygen atoms in total. The van der Waals surface area contributed by atoms with Gasteiger partial charge in [0.25, 0.3) is 0 Å². The van der Waals surface area contributed by atoms with Crippen LogP contribution in [-0.4, -0.2) is 72.9 Å². The van der Waals surface area contributed by atoms with Gasteiger partial charge in [-0.1, -0.05) is 18.7 Å². The SMILES string of the molecule is C=C(CSCCCSc1ccc(C(=O)C(C)(C)N2CCOCC2)cc1)C(=O)OC. The zero-order valence-corrected chi connectivity index (χ0v) is 19.2. The van der Waals surface area contributed by atoms with Crippen molar-refractivity contribution in [3.05, 3.63) is 42.0 Å². The van der Waals surface area contributed by atoms with Gasteiger partial charge in [0, 0.05) is 34.9 Å². The molecule has 1 heterocycles. The largest absolute Gasteiger partial charge is 0.466 e. The standard InChI is InChI=1S/C22H31NO4S2/c1-17(21(25)26-4)16-28-14-5-15-29-19-8-6-18(7-9-19)20(24)22(2,3)23-10-12-27-13-11-23/h6-9H,1,5,10-16H2,2-4H3. The zero-order chi connectivity index (χ0) is 21.3. The van der Waals surface area contributed by atoms with E-state index in [1.165, 1.54) is 7.11 Å². The van der Waals surface area contributed by atoms with Gasteiger partial charge >= 0.3 is 5.97 Å². The lowest BCUT2D eigenvalue weighted by Gasteiger charge is -2.39. The molecule has 1 saturated heterocycles. The molecule has 0 unspecified atom stereocenters. The maximum atomic E-state index is 13.0. The first-order valence-electron chi connectivity index (χ1n) is 9.80. The molecule has 0 amide bonds. The molecule has 2 rings (SSSR count). The van der Waals surface area contributed by atoms with Gasteiger partial charge in [-0.25, -0.2) is 4.79 Å². The number of esters is 1. The number of hydrogen-bond acceptors (Lipinski definition) is 7. The van der Waals surface area contributed by atoms with Crippen LogP contribution in [-0.2, 0) is 14.3 Å². The third-order valence-corrected chi connectivity index (χ3v) is 7.15. The van der Waals surface area contributed by atoms with Crippen molar-refractivity contribution >= 4 is 35.3 Å². The van der Waals surface area contributed by atoms with Gasteiger partial charge in [0.1, 0.15) is 0 Å². The van der Waals surface area contributed by atoms with Crippen molar-refractivity contribution in [1.29, 1.82) is 0 Å². The van der Waals surface area contributed by atoms with E-state index in [1.54, 1.807) is 23.5 Å². The average Bonchev–Trinajstić information content (AvgIpc) is 2.75. The highest BCUT2D eigenvalue weighted by atomic mass is 32.2. The number of morpholine rings is 1. The van der Waals surface area contributed by atoms with E-state index in [1.807, 2.05) is 38.1 Å². The van der Waals surface area contributed by atoms with Gasteiger partial charge in [-0.3, -0.25) is 9.69 Å². The van der Waals surface area contributed by atoms with Gasteiger partial charge in [0.2, 0.25) is 0 Å². The Hall–Kier alpha value is -1.28. The van der Waals surface area contributed by atoms with Crippen molar-refractivity contribution in [3.63, 3.8) is 0 Å². The summed E-state index contributed by atoms with van der Waals surface area (Å²) >= 11 is 3.47.